The summed E-state index contributed by atoms with van der Waals surface area (Å²) in [7, 11) is 0. The van der Waals surface area contributed by atoms with Crippen molar-refractivity contribution in [2.45, 2.75) is 51.8 Å². The summed E-state index contributed by atoms with van der Waals surface area (Å²) in [6.45, 7) is 7.84. The molecule has 0 radical (unpaired) electrons. The summed E-state index contributed by atoms with van der Waals surface area (Å²) >= 11 is 11.0. The molecule has 4 nitrogen and oxygen atoms in total. The lowest BCUT2D eigenvalue weighted by molar-refractivity contribution is 0.0236. The van der Waals surface area contributed by atoms with Crippen molar-refractivity contribution in [2.24, 2.45) is 0 Å². The Balaban J connectivity index is 1.76. The van der Waals surface area contributed by atoms with Crippen LogP contribution in [-0.4, -0.2) is 35.7 Å². The number of nitrogens with zero attached hydrogens (tertiary/aromatic N) is 1. The summed E-state index contributed by atoms with van der Waals surface area (Å²) in [6.07, 6.45) is 1.94. The zero-order chi connectivity index (χ0) is 16.3. The molecule has 0 saturated heterocycles. The van der Waals surface area contributed by atoms with Gasteiger partial charge in [0.1, 0.15) is 9.94 Å². The van der Waals surface area contributed by atoms with Crippen LogP contribution in [0.15, 0.2) is 10.5 Å². The highest BCUT2D eigenvalue weighted by Gasteiger charge is 2.34. The third-order valence-corrected chi connectivity index (χ3v) is 5.62. The van der Waals surface area contributed by atoms with Gasteiger partial charge >= 0.3 is 6.09 Å². The molecule has 1 fully saturated rings. The van der Waals surface area contributed by atoms with E-state index in [-0.39, 0.29) is 6.09 Å². The predicted molar refractivity (Wildman–Crippen MR) is 94.7 cm³/mol. The number of carbonyl (C=O) groups excluding carboxylic acids is 1. The largest absolute Gasteiger partial charge is 0.444 e. The molecule has 0 spiro atoms. The molecule has 0 atom stereocenters. The van der Waals surface area contributed by atoms with E-state index < -0.39 is 5.60 Å². The maximum Gasteiger partial charge on any atom is 0.410 e. The SMILES string of the molecule is CC(C)(C)OC(=O)N(CCNCc1cc(Br)c(Cl)s1)C1CC1. The lowest BCUT2D eigenvalue weighted by Crippen LogP contribution is -2.41. The lowest BCUT2D eigenvalue weighted by Gasteiger charge is -2.27. The normalized spacial score (nSPS) is 15.0. The van der Waals surface area contributed by atoms with Gasteiger partial charge in [-0.15, -0.1) is 11.3 Å². The van der Waals surface area contributed by atoms with E-state index in [0.717, 1.165) is 34.7 Å². The number of thiophene rings is 1. The number of hydrogen-bond donors (Lipinski definition) is 1. The van der Waals surface area contributed by atoms with Crippen molar-refractivity contribution >= 4 is 45.0 Å². The Bertz CT molecular complexity index is 507. The third-order valence-electron chi connectivity index (χ3n) is 3.14. The van der Waals surface area contributed by atoms with Crippen molar-refractivity contribution in [1.82, 2.24) is 10.2 Å². The second kappa shape index (κ2) is 7.51. The Labute approximate surface area is 149 Å². The topological polar surface area (TPSA) is 41.6 Å². The summed E-state index contributed by atoms with van der Waals surface area (Å²) in [4.78, 5) is 15.2. The zero-order valence-electron chi connectivity index (χ0n) is 13.1. The van der Waals surface area contributed by atoms with Crippen LogP contribution in [0.25, 0.3) is 0 Å². The molecule has 1 N–H and O–H groups in total. The van der Waals surface area contributed by atoms with E-state index >= 15 is 0 Å². The van der Waals surface area contributed by atoms with Gasteiger partial charge in [0.05, 0.1) is 0 Å². The van der Waals surface area contributed by atoms with E-state index in [1.165, 1.54) is 4.88 Å². The molecule has 1 amide bonds. The average molecular weight is 410 g/mol. The highest BCUT2D eigenvalue weighted by molar-refractivity contribution is 9.10. The summed E-state index contributed by atoms with van der Waals surface area (Å²) in [5, 5.41) is 3.35. The fourth-order valence-electron chi connectivity index (χ4n) is 2.02. The number of nitrogens with one attached hydrogen (secondary N) is 1. The number of ether oxygens (including phenoxy) is 1. The third kappa shape index (κ3) is 5.72. The van der Waals surface area contributed by atoms with E-state index in [4.69, 9.17) is 16.3 Å². The van der Waals surface area contributed by atoms with Gasteiger partial charge in [0.25, 0.3) is 0 Å². The zero-order valence-corrected chi connectivity index (χ0v) is 16.3. The van der Waals surface area contributed by atoms with Gasteiger partial charge < -0.3 is 15.0 Å². The van der Waals surface area contributed by atoms with Crippen LogP contribution in [0.5, 0.6) is 0 Å². The molecule has 0 bridgehead atoms. The van der Waals surface area contributed by atoms with Crippen molar-refractivity contribution in [3.8, 4) is 0 Å². The van der Waals surface area contributed by atoms with Gasteiger partial charge in [0, 0.05) is 35.0 Å². The van der Waals surface area contributed by atoms with Crippen LogP contribution in [0, 0.1) is 0 Å². The van der Waals surface area contributed by atoms with Crippen LogP contribution in [0.4, 0.5) is 4.79 Å². The van der Waals surface area contributed by atoms with Gasteiger partial charge in [-0.25, -0.2) is 4.79 Å². The van der Waals surface area contributed by atoms with E-state index in [1.54, 1.807) is 11.3 Å². The number of rotatable bonds is 6. The number of carbonyl (C=O) groups is 1. The Hall–Kier alpha value is -0.300. The minimum Gasteiger partial charge on any atom is -0.444 e. The number of amides is 1. The molecule has 1 saturated carbocycles. The molecule has 1 aromatic heterocycles. The Morgan fingerprint density at radius 2 is 2.23 bits per heavy atom. The molecule has 1 aromatic rings. The highest BCUT2D eigenvalue weighted by atomic mass is 79.9. The van der Waals surface area contributed by atoms with E-state index in [9.17, 15) is 4.79 Å². The molecule has 1 aliphatic carbocycles. The van der Waals surface area contributed by atoms with Crippen LogP contribution in [-0.2, 0) is 11.3 Å². The van der Waals surface area contributed by atoms with E-state index in [1.807, 2.05) is 31.7 Å². The van der Waals surface area contributed by atoms with Crippen molar-refractivity contribution in [1.29, 1.82) is 0 Å². The van der Waals surface area contributed by atoms with E-state index in [0.29, 0.717) is 12.6 Å². The molecule has 7 heteroatoms. The molecular weight excluding hydrogens is 388 g/mol. The fraction of sp³-hybridized carbons (Fsp3) is 0.667. The quantitative estimate of drug-likeness (QED) is 0.695. The summed E-state index contributed by atoms with van der Waals surface area (Å²) < 4.78 is 7.18. The first-order chi connectivity index (χ1) is 10.3. The van der Waals surface area contributed by atoms with Crippen molar-refractivity contribution < 1.29 is 9.53 Å². The van der Waals surface area contributed by atoms with Crippen molar-refractivity contribution in [3.63, 3.8) is 0 Å². The number of halogens is 2. The molecular formula is C15H22BrClN2O2S. The van der Waals surface area contributed by atoms with Crippen molar-refractivity contribution in [2.75, 3.05) is 13.1 Å². The first-order valence-electron chi connectivity index (χ1n) is 7.40. The molecule has 0 aliphatic heterocycles. The monoisotopic (exact) mass is 408 g/mol. The van der Waals surface area contributed by atoms with Gasteiger partial charge in [-0.05, 0) is 55.6 Å². The minimum absolute atomic E-state index is 0.210. The lowest BCUT2D eigenvalue weighted by atomic mass is 10.2. The fourth-order valence-corrected chi connectivity index (χ4v) is 3.78. The molecule has 22 heavy (non-hydrogen) atoms. The molecule has 2 rings (SSSR count). The maximum absolute atomic E-state index is 12.2. The first kappa shape index (κ1) is 18.0. The van der Waals surface area contributed by atoms with Gasteiger partial charge in [0.15, 0.2) is 0 Å². The summed E-state index contributed by atoms with van der Waals surface area (Å²) in [5.74, 6) is 0. The van der Waals surface area contributed by atoms with Crippen LogP contribution in [0.3, 0.4) is 0 Å². The molecule has 1 aliphatic rings. The smallest absolute Gasteiger partial charge is 0.410 e. The predicted octanol–water partition coefficient (Wildman–Crippen LogP) is 4.65. The van der Waals surface area contributed by atoms with Gasteiger partial charge in [-0.1, -0.05) is 11.6 Å². The van der Waals surface area contributed by atoms with Gasteiger partial charge in [0.2, 0.25) is 0 Å². The molecule has 0 aromatic carbocycles. The van der Waals surface area contributed by atoms with Crippen LogP contribution < -0.4 is 5.32 Å². The average Bonchev–Trinajstić information content (AvgIpc) is 3.15. The number of hydrogen-bond acceptors (Lipinski definition) is 4. The van der Waals surface area contributed by atoms with Crippen LogP contribution in [0.1, 0.15) is 38.5 Å². The van der Waals surface area contributed by atoms with Crippen molar-refractivity contribution in [3.05, 3.63) is 19.8 Å². The molecule has 0 unspecified atom stereocenters. The second-order valence-electron chi connectivity index (χ2n) is 6.42. The minimum atomic E-state index is -0.447. The maximum atomic E-state index is 12.2. The van der Waals surface area contributed by atoms with Gasteiger partial charge in [-0.3, -0.25) is 0 Å². The van der Waals surface area contributed by atoms with Gasteiger partial charge in [-0.2, -0.15) is 0 Å². The first-order valence-corrected chi connectivity index (χ1v) is 9.39. The Kier molecular flexibility index (Phi) is 6.16. The molecule has 1 heterocycles. The Morgan fingerprint density at radius 1 is 1.55 bits per heavy atom. The standard InChI is InChI=1S/C15H22BrClN2O2S/c1-15(2,3)21-14(20)19(10-4-5-10)7-6-18-9-11-8-12(16)13(17)22-11/h8,10,18H,4-7,9H2,1-3H3. The van der Waals surface area contributed by atoms with E-state index in [2.05, 4.69) is 21.2 Å². The molecule has 124 valence electrons. The highest BCUT2D eigenvalue weighted by Crippen LogP contribution is 2.32. The van der Waals surface area contributed by atoms with Crippen LogP contribution >= 0.6 is 38.9 Å². The summed E-state index contributed by atoms with van der Waals surface area (Å²) in [6, 6.07) is 2.37. The summed E-state index contributed by atoms with van der Waals surface area (Å²) in [5.41, 5.74) is -0.447. The van der Waals surface area contributed by atoms with Crippen LogP contribution in [0.2, 0.25) is 4.34 Å². The Morgan fingerprint density at radius 3 is 2.73 bits per heavy atom. The second-order valence-corrected chi connectivity index (χ2v) is 9.01.